The molecular formula is C12H14F2O2. The third-order valence-corrected chi connectivity index (χ3v) is 2.54. The van der Waals surface area contributed by atoms with Gasteiger partial charge in [0, 0.05) is 12.0 Å². The van der Waals surface area contributed by atoms with E-state index in [-0.39, 0.29) is 12.0 Å². The maximum absolute atomic E-state index is 13.7. The van der Waals surface area contributed by atoms with E-state index in [9.17, 15) is 13.6 Å². The normalized spacial score (nSPS) is 13.4. The Labute approximate surface area is 92.9 Å². The second-order valence-electron chi connectivity index (χ2n) is 3.72. The Bertz CT molecular complexity index is 349. The Kier molecular flexibility index (Phi) is 3.99. The zero-order chi connectivity index (χ0) is 12.2. The van der Waals surface area contributed by atoms with Gasteiger partial charge < -0.3 is 5.11 Å². The number of hydrogen-bond donors (Lipinski definition) is 1. The minimum absolute atomic E-state index is 0.130. The lowest BCUT2D eigenvalue weighted by Gasteiger charge is -2.20. The smallest absolute Gasteiger partial charge is 0.306 e. The number of halogens is 2. The molecule has 0 aliphatic carbocycles. The fraction of sp³-hybridized carbons (Fsp3) is 0.417. The van der Waals surface area contributed by atoms with Gasteiger partial charge in [0.25, 0.3) is 5.92 Å². The van der Waals surface area contributed by atoms with Crippen LogP contribution in [0.5, 0.6) is 0 Å². The molecule has 0 bridgehead atoms. The van der Waals surface area contributed by atoms with Crippen LogP contribution in [0, 0.1) is 5.92 Å². The summed E-state index contributed by atoms with van der Waals surface area (Å²) in [5.74, 6) is -5.26. The molecular weight excluding hydrogens is 214 g/mol. The lowest BCUT2D eigenvalue weighted by Crippen LogP contribution is -2.23. The fourth-order valence-electron chi connectivity index (χ4n) is 1.52. The Hall–Kier alpha value is -1.45. The molecule has 0 saturated heterocycles. The van der Waals surface area contributed by atoms with Gasteiger partial charge in [-0.2, -0.15) is 0 Å². The van der Waals surface area contributed by atoms with E-state index in [1.807, 2.05) is 0 Å². The van der Waals surface area contributed by atoms with Gasteiger partial charge in [-0.25, -0.2) is 8.78 Å². The molecule has 1 unspecified atom stereocenters. The van der Waals surface area contributed by atoms with E-state index in [4.69, 9.17) is 5.11 Å². The van der Waals surface area contributed by atoms with Gasteiger partial charge in [-0.1, -0.05) is 37.3 Å². The van der Waals surface area contributed by atoms with E-state index in [0.717, 1.165) is 0 Å². The summed E-state index contributed by atoms with van der Waals surface area (Å²) in [5, 5.41) is 8.75. The number of aliphatic carboxylic acids is 1. The summed E-state index contributed by atoms with van der Waals surface area (Å²) in [6.45, 7) is 1.60. The molecule has 0 heterocycles. The van der Waals surface area contributed by atoms with Crippen LogP contribution in [-0.4, -0.2) is 11.1 Å². The number of alkyl halides is 2. The van der Waals surface area contributed by atoms with Crippen molar-refractivity contribution >= 4 is 5.97 Å². The summed E-state index contributed by atoms with van der Waals surface area (Å²) in [5.41, 5.74) is -0.130. The van der Waals surface area contributed by atoms with Crippen molar-refractivity contribution in [3.05, 3.63) is 35.9 Å². The van der Waals surface area contributed by atoms with E-state index in [0.29, 0.717) is 0 Å². The minimum atomic E-state index is -3.08. The Morgan fingerprint density at radius 3 is 2.38 bits per heavy atom. The molecule has 0 saturated carbocycles. The number of carboxylic acids is 1. The molecule has 16 heavy (non-hydrogen) atoms. The predicted molar refractivity (Wildman–Crippen MR) is 56.4 cm³/mol. The van der Waals surface area contributed by atoms with Crippen molar-refractivity contribution < 1.29 is 18.7 Å². The largest absolute Gasteiger partial charge is 0.481 e. The number of carbonyl (C=O) groups is 1. The Morgan fingerprint density at radius 2 is 1.94 bits per heavy atom. The molecule has 1 rings (SSSR count). The van der Waals surface area contributed by atoms with E-state index in [1.54, 1.807) is 13.0 Å². The van der Waals surface area contributed by atoms with E-state index in [2.05, 4.69) is 0 Å². The average molecular weight is 228 g/mol. The molecule has 2 nitrogen and oxygen atoms in total. The second-order valence-corrected chi connectivity index (χ2v) is 3.72. The highest BCUT2D eigenvalue weighted by atomic mass is 19.3. The van der Waals surface area contributed by atoms with Crippen molar-refractivity contribution in [1.29, 1.82) is 0 Å². The number of benzene rings is 1. The van der Waals surface area contributed by atoms with E-state index < -0.39 is 24.2 Å². The van der Waals surface area contributed by atoms with Crippen LogP contribution in [0.3, 0.4) is 0 Å². The first-order valence-corrected chi connectivity index (χ1v) is 5.13. The zero-order valence-electron chi connectivity index (χ0n) is 8.99. The topological polar surface area (TPSA) is 37.3 Å². The van der Waals surface area contributed by atoms with Crippen LogP contribution in [0.4, 0.5) is 8.78 Å². The third-order valence-electron chi connectivity index (χ3n) is 2.54. The van der Waals surface area contributed by atoms with Crippen molar-refractivity contribution in [2.75, 3.05) is 0 Å². The van der Waals surface area contributed by atoms with Gasteiger partial charge in [0.1, 0.15) is 0 Å². The van der Waals surface area contributed by atoms with Crippen molar-refractivity contribution in [1.82, 2.24) is 0 Å². The first-order chi connectivity index (χ1) is 7.47. The maximum atomic E-state index is 13.7. The van der Waals surface area contributed by atoms with Gasteiger partial charge >= 0.3 is 5.97 Å². The quantitative estimate of drug-likeness (QED) is 0.839. The number of carboxylic acid groups (broad SMARTS) is 1. The summed E-state index contributed by atoms with van der Waals surface area (Å²) < 4.78 is 27.4. The van der Waals surface area contributed by atoms with Crippen molar-refractivity contribution in [3.8, 4) is 0 Å². The monoisotopic (exact) mass is 228 g/mol. The molecule has 0 amide bonds. The Balaban J connectivity index is 2.82. The highest BCUT2D eigenvalue weighted by molar-refractivity contribution is 5.70. The lowest BCUT2D eigenvalue weighted by molar-refractivity contribution is -0.146. The average Bonchev–Trinajstić information content (AvgIpc) is 2.27. The second kappa shape index (κ2) is 5.05. The standard InChI is InChI=1S/C12H14F2O2/c1-2-9(11(15)16)8-12(13,14)10-6-4-3-5-7-10/h3-7,9H,2,8H2,1H3,(H,15,16). The molecule has 1 N–H and O–H groups in total. The predicted octanol–water partition coefficient (Wildman–Crippen LogP) is 3.28. The van der Waals surface area contributed by atoms with Crippen LogP contribution < -0.4 is 0 Å². The highest BCUT2D eigenvalue weighted by Gasteiger charge is 2.36. The summed E-state index contributed by atoms with van der Waals surface area (Å²) in [6, 6.07) is 7.31. The first-order valence-electron chi connectivity index (χ1n) is 5.13. The minimum Gasteiger partial charge on any atom is -0.481 e. The van der Waals surface area contributed by atoms with Crippen LogP contribution in [0.25, 0.3) is 0 Å². The molecule has 1 aromatic rings. The van der Waals surface area contributed by atoms with Gasteiger partial charge in [0.15, 0.2) is 0 Å². The highest BCUT2D eigenvalue weighted by Crippen LogP contribution is 2.35. The molecule has 4 heteroatoms. The van der Waals surface area contributed by atoms with Gasteiger partial charge in [-0.15, -0.1) is 0 Å². The van der Waals surface area contributed by atoms with Crippen LogP contribution in [0.15, 0.2) is 30.3 Å². The number of hydrogen-bond acceptors (Lipinski definition) is 1. The third kappa shape index (κ3) is 3.02. The van der Waals surface area contributed by atoms with Crippen molar-refractivity contribution in [3.63, 3.8) is 0 Å². The summed E-state index contributed by atoms with van der Waals surface area (Å²) in [4.78, 5) is 10.7. The van der Waals surface area contributed by atoms with Gasteiger partial charge in [-0.3, -0.25) is 4.79 Å². The van der Waals surface area contributed by atoms with Gasteiger partial charge in [0.05, 0.1) is 5.92 Å². The summed E-state index contributed by atoms with van der Waals surface area (Å²) >= 11 is 0. The van der Waals surface area contributed by atoms with Crippen LogP contribution in [-0.2, 0) is 10.7 Å². The molecule has 88 valence electrons. The van der Waals surface area contributed by atoms with Crippen molar-refractivity contribution in [2.24, 2.45) is 5.92 Å². The molecule has 0 aliphatic rings. The van der Waals surface area contributed by atoms with Crippen LogP contribution in [0.2, 0.25) is 0 Å². The molecule has 0 aliphatic heterocycles. The maximum Gasteiger partial charge on any atom is 0.306 e. The van der Waals surface area contributed by atoms with Gasteiger partial charge in [0.2, 0.25) is 0 Å². The number of rotatable bonds is 5. The fourth-order valence-corrected chi connectivity index (χ4v) is 1.52. The van der Waals surface area contributed by atoms with Crippen molar-refractivity contribution in [2.45, 2.75) is 25.7 Å². The SMILES string of the molecule is CCC(CC(F)(F)c1ccccc1)C(=O)O. The zero-order valence-corrected chi connectivity index (χ0v) is 8.99. The lowest BCUT2D eigenvalue weighted by atomic mass is 9.94. The first kappa shape index (κ1) is 12.6. The molecule has 1 aromatic carbocycles. The van der Waals surface area contributed by atoms with Gasteiger partial charge in [-0.05, 0) is 6.42 Å². The molecule has 0 radical (unpaired) electrons. The Morgan fingerprint density at radius 1 is 1.38 bits per heavy atom. The van der Waals surface area contributed by atoms with Crippen LogP contribution >= 0.6 is 0 Å². The van der Waals surface area contributed by atoms with E-state index >= 15 is 0 Å². The molecule has 0 spiro atoms. The summed E-state index contributed by atoms with van der Waals surface area (Å²) in [7, 11) is 0. The summed E-state index contributed by atoms with van der Waals surface area (Å²) in [6.07, 6.45) is -0.444. The molecule has 1 atom stereocenters. The van der Waals surface area contributed by atoms with E-state index in [1.165, 1.54) is 24.3 Å². The van der Waals surface area contributed by atoms with Crippen LogP contribution in [0.1, 0.15) is 25.3 Å². The molecule has 0 fully saturated rings. The molecule has 0 aromatic heterocycles.